The molecule has 0 aromatic carbocycles. The second-order valence-corrected chi connectivity index (χ2v) is 5.24. The molecule has 0 aliphatic carbocycles. The fourth-order valence-electron chi connectivity index (χ4n) is 1.70. The number of rotatable bonds is 6. The van der Waals surface area contributed by atoms with Gasteiger partial charge < -0.3 is 5.32 Å². The Kier molecular flexibility index (Phi) is 4.78. The fourth-order valence-corrected chi connectivity index (χ4v) is 1.70. The first-order valence-electron chi connectivity index (χ1n) is 6.06. The predicted octanol–water partition coefficient (Wildman–Crippen LogP) is 2.93. The lowest BCUT2D eigenvalue weighted by Gasteiger charge is -2.25. The van der Waals surface area contributed by atoms with Crippen LogP contribution in [0.15, 0.2) is 12.3 Å². The van der Waals surface area contributed by atoms with E-state index in [0.717, 1.165) is 25.6 Å². The molecule has 0 radical (unpaired) electrons. The lowest BCUT2D eigenvalue weighted by molar-refractivity contribution is -0.141. The molecule has 104 valence electrons. The molecule has 0 unspecified atom stereocenters. The van der Waals surface area contributed by atoms with Gasteiger partial charge in [0.05, 0.1) is 0 Å². The molecule has 6 heteroatoms. The average molecular weight is 263 g/mol. The van der Waals surface area contributed by atoms with E-state index in [1.165, 1.54) is 10.9 Å². The molecule has 0 aliphatic rings. The van der Waals surface area contributed by atoms with Crippen LogP contribution in [0.4, 0.5) is 13.2 Å². The van der Waals surface area contributed by atoms with Crippen LogP contribution in [0.3, 0.4) is 0 Å². The number of halogens is 3. The van der Waals surface area contributed by atoms with E-state index < -0.39 is 11.9 Å². The second-order valence-electron chi connectivity index (χ2n) is 5.24. The number of hydrogen-bond donors (Lipinski definition) is 1. The van der Waals surface area contributed by atoms with Gasteiger partial charge in [-0.1, -0.05) is 20.8 Å². The van der Waals surface area contributed by atoms with Gasteiger partial charge in [0, 0.05) is 19.3 Å². The number of nitrogens with one attached hydrogen (secondary N) is 1. The van der Waals surface area contributed by atoms with Gasteiger partial charge in [0.2, 0.25) is 0 Å². The molecular weight excluding hydrogens is 243 g/mol. The summed E-state index contributed by atoms with van der Waals surface area (Å²) in [5, 5.41) is 6.83. The summed E-state index contributed by atoms with van der Waals surface area (Å²) in [6.07, 6.45) is -1.95. The Hall–Kier alpha value is -1.04. The molecule has 1 heterocycles. The molecule has 0 aliphatic heterocycles. The summed E-state index contributed by atoms with van der Waals surface area (Å²) in [6, 6.07) is 1.01. The zero-order valence-corrected chi connectivity index (χ0v) is 11.0. The highest BCUT2D eigenvalue weighted by molar-refractivity contribution is 5.03. The zero-order chi connectivity index (χ0) is 13.8. The Morgan fingerprint density at radius 2 is 2.00 bits per heavy atom. The summed E-state index contributed by atoms with van der Waals surface area (Å²) >= 11 is 0. The molecule has 1 rings (SSSR count). The SMILES string of the molecule is CCCNCC(C)(C)Cn1ccc(C(F)(F)F)n1. The zero-order valence-electron chi connectivity index (χ0n) is 11.0. The van der Waals surface area contributed by atoms with Gasteiger partial charge >= 0.3 is 6.18 Å². The predicted molar refractivity (Wildman–Crippen MR) is 64.2 cm³/mol. The van der Waals surface area contributed by atoms with E-state index in [1.54, 1.807) is 0 Å². The van der Waals surface area contributed by atoms with E-state index in [1.807, 2.05) is 13.8 Å². The molecule has 0 saturated carbocycles. The van der Waals surface area contributed by atoms with E-state index in [2.05, 4.69) is 17.3 Å². The third kappa shape index (κ3) is 4.68. The van der Waals surface area contributed by atoms with Gasteiger partial charge in [-0.2, -0.15) is 18.3 Å². The van der Waals surface area contributed by atoms with E-state index in [9.17, 15) is 13.2 Å². The number of hydrogen-bond acceptors (Lipinski definition) is 2. The summed E-state index contributed by atoms with van der Waals surface area (Å²) < 4.78 is 38.5. The molecular formula is C12H20F3N3. The largest absolute Gasteiger partial charge is 0.435 e. The Bertz CT molecular complexity index is 369. The van der Waals surface area contributed by atoms with Crippen molar-refractivity contribution in [2.24, 2.45) is 5.41 Å². The van der Waals surface area contributed by atoms with Gasteiger partial charge in [0.1, 0.15) is 0 Å². The maximum absolute atomic E-state index is 12.4. The van der Waals surface area contributed by atoms with E-state index in [4.69, 9.17) is 0 Å². The molecule has 1 aromatic rings. The maximum Gasteiger partial charge on any atom is 0.435 e. The molecule has 3 nitrogen and oxygen atoms in total. The van der Waals surface area contributed by atoms with Crippen LogP contribution in [0.5, 0.6) is 0 Å². The number of nitrogens with zero attached hydrogens (tertiary/aromatic N) is 2. The van der Waals surface area contributed by atoms with Crippen LogP contribution < -0.4 is 5.32 Å². The minimum Gasteiger partial charge on any atom is -0.316 e. The van der Waals surface area contributed by atoms with E-state index in [0.29, 0.717) is 6.54 Å². The Morgan fingerprint density at radius 3 is 2.50 bits per heavy atom. The van der Waals surface area contributed by atoms with Crippen molar-refractivity contribution in [1.82, 2.24) is 15.1 Å². The van der Waals surface area contributed by atoms with Gasteiger partial charge in [-0.25, -0.2) is 0 Å². The van der Waals surface area contributed by atoms with Crippen molar-refractivity contribution >= 4 is 0 Å². The Morgan fingerprint density at radius 1 is 1.33 bits per heavy atom. The molecule has 0 amide bonds. The molecule has 0 saturated heterocycles. The van der Waals surface area contributed by atoms with Crippen LogP contribution in [-0.4, -0.2) is 22.9 Å². The highest BCUT2D eigenvalue weighted by atomic mass is 19.4. The molecule has 0 spiro atoms. The summed E-state index contributed by atoms with van der Waals surface area (Å²) in [5.41, 5.74) is -0.968. The number of aromatic nitrogens is 2. The highest BCUT2D eigenvalue weighted by Gasteiger charge is 2.33. The Labute approximate surface area is 105 Å². The van der Waals surface area contributed by atoms with Crippen molar-refractivity contribution in [2.45, 2.75) is 39.9 Å². The monoisotopic (exact) mass is 263 g/mol. The van der Waals surface area contributed by atoms with Crippen LogP contribution in [0.25, 0.3) is 0 Å². The molecule has 1 N–H and O–H groups in total. The van der Waals surface area contributed by atoms with Crippen LogP contribution in [0, 0.1) is 5.41 Å². The normalized spacial score (nSPS) is 13.0. The minimum absolute atomic E-state index is 0.135. The molecule has 0 bridgehead atoms. The third-order valence-electron chi connectivity index (χ3n) is 2.55. The van der Waals surface area contributed by atoms with Crippen LogP contribution in [0.1, 0.15) is 32.9 Å². The Balaban J connectivity index is 2.58. The van der Waals surface area contributed by atoms with Gasteiger partial charge in [-0.15, -0.1) is 0 Å². The summed E-state index contributed by atoms with van der Waals surface area (Å²) in [7, 11) is 0. The number of alkyl halides is 3. The van der Waals surface area contributed by atoms with Crippen LogP contribution >= 0.6 is 0 Å². The highest BCUT2D eigenvalue weighted by Crippen LogP contribution is 2.27. The maximum atomic E-state index is 12.4. The topological polar surface area (TPSA) is 29.9 Å². The van der Waals surface area contributed by atoms with E-state index in [-0.39, 0.29) is 5.41 Å². The first-order valence-corrected chi connectivity index (χ1v) is 6.06. The molecule has 18 heavy (non-hydrogen) atoms. The second kappa shape index (κ2) is 5.73. The first kappa shape index (κ1) is 15.0. The van der Waals surface area contributed by atoms with E-state index >= 15 is 0 Å². The van der Waals surface area contributed by atoms with Gasteiger partial charge in [0.25, 0.3) is 0 Å². The molecule has 0 atom stereocenters. The van der Waals surface area contributed by atoms with Crippen molar-refractivity contribution in [3.63, 3.8) is 0 Å². The van der Waals surface area contributed by atoms with Crippen LogP contribution in [0.2, 0.25) is 0 Å². The fraction of sp³-hybridized carbons (Fsp3) is 0.750. The lowest BCUT2D eigenvalue weighted by Crippen LogP contribution is -2.33. The summed E-state index contributed by atoms with van der Waals surface area (Å²) in [5.74, 6) is 0. The van der Waals surface area contributed by atoms with Crippen molar-refractivity contribution < 1.29 is 13.2 Å². The van der Waals surface area contributed by atoms with Crippen molar-refractivity contribution in [3.8, 4) is 0 Å². The standard InChI is InChI=1S/C12H20F3N3/c1-4-6-16-8-11(2,3)9-18-7-5-10(17-18)12(13,14)15/h5,7,16H,4,6,8-9H2,1-3H3. The smallest absolute Gasteiger partial charge is 0.316 e. The summed E-state index contributed by atoms with van der Waals surface area (Å²) in [4.78, 5) is 0. The van der Waals surface area contributed by atoms with Crippen molar-refractivity contribution in [3.05, 3.63) is 18.0 Å². The lowest BCUT2D eigenvalue weighted by atomic mass is 9.93. The first-order chi connectivity index (χ1) is 8.24. The summed E-state index contributed by atoms with van der Waals surface area (Å²) in [6.45, 7) is 8.20. The van der Waals surface area contributed by atoms with Crippen LogP contribution in [-0.2, 0) is 12.7 Å². The van der Waals surface area contributed by atoms with Gasteiger partial charge in [0.15, 0.2) is 5.69 Å². The average Bonchev–Trinajstić information content (AvgIpc) is 2.65. The molecule has 1 aromatic heterocycles. The van der Waals surface area contributed by atoms with Crippen molar-refractivity contribution in [1.29, 1.82) is 0 Å². The quantitative estimate of drug-likeness (QED) is 0.800. The minimum atomic E-state index is -4.37. The molecule has 0 fully saturated rings. The van der Waals surface area contributed by atoms with Crippen molar-refractivity contribution in [2.75, 3.05) is 13.1 Å². The van der Waals surface area contributed by atoms with Gasteiger partial charge in [-0.05, 0) is 24.4 Å². The van der Waals surface area contributed by atoms with Gasteiger partial charge in [-0.3, -0.25) is 4.68 Å². The third-order valence-corrected chi connectivity index (χ3v) is 2.55.